The Hall–Kier alpha value is -2.08. The molecule has 1 spiro atoms. The van der Waals surface area contributed by atoms with Gasteiger partial charge in [-0.1, -0.05) is 12.1 Å². The Morgan fingerprint density at radius 2 is 2.07 bits per heavy atom. The van der Waals surface area contributed by atoms with E-state index in [1.165, 1.54) is 0 Å². The van der Waals surface area contributed by atoms with E-state index in [0.29, 0.717) is 12.8 Å². The van der Waals surface area contributed by atoms with Crippen LogP contribution in [0, 0.1) is 5.41 Å². The Morgan fingerprint density at radius 3 is 2.79 bits per heavy atom. The van der Waals surface area contributed by atoms with Crippen molar-refractivity contribution in [2.24, 2.45) is 5.41 Å². The van der Waals surface area contributed by atoms with Gasteiger partial charge in [0, 0.05) is 39.2 Å². The summed E-state index contributed by atoms with van der Waals surface area (Å²) in [6, 6.07) is 6.91. The van der Waals surface area contributed by atoms with Crippen LogP contribution < -0.4 is 0 Å². The molecule has 1 atom stereocenters. The van der Waals surface area contributed by atoms with Crippen LogP contribution in [0.1, 0.15) is 44.1 Å². The van der Waals surface area contributed by atoms with E-state index in [9.17, 15) is 14.7 Å². The van der Waals surface area contributed by atoms with E-state index >= 15 is 0 Å². The summed E-state index contributed by atoms with van der Waals surface area (Å²) in [5, 5.41) is 9.58. The standard InChI is InChI=1S/C22H30N2O4/c25-18-4-1-3-17(13-18)14-21(27)23-10-8-22(9-11-23)7-6-20(26)24(16-22)15-19-5-2-12-28-19/h1,3-4,13,19,25H,2,5-12,14-16H2. The maximum absolute atomic E-state index is 12.7. The van der Waals surface area contributed by atoms with Crippen molar-refractivity contribution in [3.63, 3.8) is 0 Å². The Labute approximate surface area is 166 Å². The molecule has 0 saturated carbocycles. The molecular weight excluding hydrogens is 356 g/mol. The van der Waals surface area contributed by atoms with Crippen molar-refractivity contribution >= 4 is 11.8 Å². The van der Waals surface area contributed by atoms with Gasteiger partial charge >= 0.3 is 0 Å². The molecule has 6 nitrogen and oxygen atoms in total. The highest BCUT2D eigenvalue weighted by molar-refractivity contribution is 5.79. The molecule has 0 aromatic heterocycles. The van der Waals surface area contributed by atoms with Crippen molar-refractivity contribution in [1.82, 2.24) is 9.80 Å². The van der Waals surface area contributed by atoms with Gasteiger partial charge in [0.05, 0.1) is 12.5 Å². The molecular formula is C22H30N2O4. The maximum atomic E-state index is 12.7. The lowest BCUT2D eigenvalue weighted by molar-refractivity contribution is -0.143. The van der Waals surface area contributed by atoms with Crippen molar-refractivity contribution < 1.29 is 19.4 Å². The van der Waals surface area contributed by atoms with Crippen molar-refractivity contribution in [3.05, 3.63) is 29.8 Å². The summed E-state index contributed by atoms with van der Waals surface area (Å²) in [7, 11) is 0. The molecule has 3 aliphatic rings. The lowest BCUT2D eigenvalue weighted by atomic mass is 9.72. The van der Waals surface area contributed by atoms with E-state index < -0.39 is 0 Å². The number of hydrogen-bond donors (Lipinski definition) is 1. The number of carbonyl (C=O) groups is 2. The first kappa shape index (κ1) is 19.2. The lowest BCUT2D eigenvalue weighted by Crippen LogP contribution is -2.53. The SMILES string of the molecule is O=C(Cc1cccc(O)c1)N1CCC2(CCC(=O)N(CC3CCCO3)C2)CC1. The van der Waals surface area contributed by atoms with Crippen LogP contribution in [0.5, 0.6) is 5.75 Å². The van der Waals surface area contributed by atoms with E-state index in [2.05, 4.69) is 0 Å². The first-order chi connectivity index (χ1) is 13.5. The zero-order valence-electron chi connectivity index (χ0n) is 16.4. The third-order valence-electron chi connectivity index (χ3n) is 6.64. The molecule has 4 rings (SSSR count). The van der Waals surface area contributed by atoms with Gasteiger partial charge in [0.2, 0.25) is 11.8 Å². The number of amides is 2. The molecule has 3 heterocycles. The van der Waals surface area contributed by atoms with Gasteiger partial charge in [0.15, 0.2) is 0 Å². The lowest BCUT2D eigenvalue weighted by Gasteiger charge is -2.47. The Bertz CT molecular complexity index is 721. The highest BCUT2D eigenvalue weighted by atomic mass is 16.5. The zero-order chi connectivity index (χ0) is 19.6. The van der Waals surface area contributed by atoms with Gasteiger partial charge < -0.3 is 19.6 Å². The fourth-order valence-corrected chi connectivity index (χ4v) is 4.89. The number of phenolic OH excluding ortho intramolecular Hbond substituents is 1. The van der Waals surface area contributed by atoms with Crippen LogP contribution >= 0.6 is 0 Å². The van der Waals surface area contributed by atoms with Gasteiger partial charge in [-0.15, -0.1) is 0 Å². The second kappa shape index (κ2) is 8.11. The summed E-state index contributed by atoms with van der Waals surface area (Å²) >= 11 is 0. The molecule has 3 fully saturated rings. The van der Waals surface area contributed by atoms with E-state index in [4.69, 9.17) is 4.74 Å². The van der Waals surface area contributed by atoms with Crippen molar-refractivity contribution in [2.75, 3.05) is 32.8 Å². The van der Waals surface area contributed by atoms with Gasteiger partial charge in [0.1, 0.15) is 5.75 Å². The molecule has 6 heteroatoms. The molecule has 1 N–H and O–H groups in total. The largest absolute Gasteiger partial charge is 0.508 e. The molecule has 3 aliphatic heterocycles. The summed E-state index contributed by atoms with van der Waals surface area (Å²) in [6.45, 7) is 3.84. The second-order valence-corrected chi connectivity index (χ2v) is 8.64. The van der Waals surface area contributed by atoms with Gasteiger partial charge in [-0.05, 0) is 55.2 Å². The van der Waals surface area contributed by atoms with E-state index in [1.54, 1.807) is 18.2 Å². The average Bonchev–Trinajstić information content (AvgIpc) is 3.19. The minimum Gasteiger partial charge on any atom is -0.508 e. The van der Waals surface area contributed by atoms with Crippen LogP contribution in [-0.2, 0) is 20.7 Å². The second-order valence-electron chi connectivity index (χ2n) is 8.64. The van der Waals surface area contributed by atoms with Gasteiger partial charge in [0.25, 0.3) is 0 Å². The van der Waals surface area contributed by atoms with Gasteiger partial charge in [-0.25, -0.2) is 0 Å². The minimum absolute atomic E-state index is 0.114. The third-order valence-corrected chi connectivity index (χ3v) is 6.64. The van der Waals surface area contributed by atoms with Crippen molar-refractivity contribution in [2.45, 2.75) is 51.0 Å². The first-order valence-electron chi connectivity index (χ1n) is 10.5. The minimum atomic E-state index is 0.114. The van der Waals surface area contributed by atoms with Crippen molar-refractivity contribution in [1.29, 1.82) is 0 Å². The van der Waals surface area contributed by atoms with Crippen LogP contribution in [0.15, 0.2) is 24.3 Å². The van der Waals surface area contributed by atoms with Crippen LogP contribution in [0.4, 0.5) is 0 Å². The molecule has 0 radical (unpaired) electrons. The molecule has 3 saturated heterocycles. The Morgan fingerprint density at radius 1 is 1.25 bits per heavy atom. The zero-order valence-corrected chi connectivity index (χ0v) is 16.4. The fourth-order valence-electron chi connectivity index (χ4n) is 4.89. The predicted molar refractivity (Wildman–Crippen MR) is 105 cm³/mol. The number of carbonyl (C=O) groups excluding carboxylic acids is 2. The smallest absolute Gasteiger partial charge is 0.226 e. The third kappa shape index (κ3) is 4.32. The van der Waals surface area contributed by atoms with Gasteiger partial charge in [-0.2, -0.15) is 0 Å². The highest BCUT2D eigenvalue weighted by Crippen LogP contribution is 2.40. The van der Waals surface area contributed by atoms with Crippen molar-refractivity contribution in [3.8, 4) is 5.75 Å². The number of ether oxygens (including phenoxy) is 1. The average molecular weight is 386 g/mol. The van der Waals surface area contributed by atoms with Gasteiger partial charge in [-0.3, -0.25) is 9.59 Å². The molecule has 0 bridgehead atoms. The molecule has 1 aromatic carbocycles. The van der Waals surface area contributed by atoms with Crippen LogP contribution in [-0.4, -0.2) is 65.6 Å². The predicted octanol–water partition coefficient (Wildman–Crippen LogP) is 2.34. The molecule has 1 unspecified atom stereocenters. The number of nitrogens with zero attached hydrogens (tertiary/aromatic N) is 2. The fraction of sp³-hybridized carbons (Fsp3) is 0.636. The number of phenols is 1. The van der Waals surface area contributed by atoms with E-state index in [-0.39, 0.29) is 29.1 Å². The molecule has 152 valence electrons. The molecule has 1 aromatic rings. The number of piperidine rings is 2. The van der Waals surface area contributed by atoms with E-state index in [0.717, 1.165) is 70.5 Å². The quantitative estimate of drug-likeness (QED) is 0.862. The Balaban J connectivity index is 1.32. The maximum Gasteiger partial charge on any atom is 0.226 e. The number of aromatic hydroxyl groups is 1. The molecule has 0 aliphatic carbocycles. The number of likely N-dealkylation sites (tertiary alicyclic amines) is 2. The molecule has 28 heavy (non-hydrogen) atoms. The van der Waals surface area contributed by atoms with E-state index in [1.807, 2.05) is 15.9 Å². The first-order valence-corrected chi connectivity index (χ1v) is 10.5. The summed E-state index contributed by atoms with van der Waals surface area (Å²) in [4.78, 5) is 29.0. The summed E-state index contributed by atoms with van der Waals surface area (Å²) in [5.41, 5.74) is 0.991. The highest BCUT2D eigenvalue weighted by Gasteiger charge is 2.42. The van der Waals surface area contributed by atoms with Crippen LogP contribution in [0.3, 0.4) is 0 Å². The van der Waals surface area contributed by atoms with Crippen LogP contribution in [0.2, 0.25) is 0 Å². The normalized spacial score (nSPS) is 24.7. The molecule has 2 amide bonds. The number of rotatable bonds is 4. The number of benzene rings is 1. The summed E-state index contributed by atoms with van der Waals surface area (Å²) in [5.74, 6) is 0.563. The number of hydrogen-bond acceptors (Lipinski definition) is 4. The summed E-state index contributed by atoms with van der Waals surface area (Å²) in [6.07, 6.45) is 6.12. The Kier molecular flexibility index (Phi) is 5.58. The topological polar surface area (TPSA) is 70.1 Å². The van der Waals surface area contributed by atoms with Crippen LogP contribution in [0.25, 0.3) is 0 Å². The monoisotopic (exact) mass is 386 g/mol. The summed E-state index contributed by atoms with van der Waals surface area (Å²) < 4.78 is 5.73.